The van der Waals surface area contributed by atoms with Gasteiger partial charge in [-0.3, -0.25) is 9.59 Å². The van der Waals surface area contributed by atoms with E-state index in [0.717, 1.165) is 0 Å². The summed E-state index contributed by atoms with van der Waals surface area (Å²) in [5, 5.41) is 0. The van der Waals surface area contributed by atoms with Gasteiger partial charge in [-0.2, -0.15) is 0 Å². The molecule has 0 radical (unpaired) electrons. The number of ketones is 2. The van der Waals surface area contributed by atoms with Gasteiger partial charge in [-0.1, -0.05) is 13.8 Å². The summed E-state index contributed by atoms with van der Waals surface area (Å²) >= 11 is 0. The summed E-state index contributed by atoms with van der Waals surface area (Å²) in [4.78, 5) is 23.8. The van der Waals surface area contributed by atoms with E-state index in [9.17, 15) is 14.0 Å². The molecule has 0 aliphatic carbocycles. The lowest BCUT2D eigenvalue weighted by molar-refractivity contribution is -0.125. The number of Topliss-reactive ketones (excluding diaryl/α,β-unsaturated/α-hetero) is 2. The monoisotopic (exact) mass is 282 g/mol. The summed E-state index contributed by atoms with van der Waals surface area (Å²) in [6.45, 7) is 3.38. The number of carbonyl (C=O) groups excluding carboxylic acids is 2. The third-order valence-electron chi connectivity index (χ3n) is 3.25. The van der Waals surface area contributed by atoms with E-state index in [1.165, 1.54) is 32.4 Å². The lowest BCUT2D eigenvalue weighted by atomic mass is 9.95. The van der Waals surface area contributed by atoms with Crippen LogP contribution in [-0.4, -0.2) is 32.0 Å². The summed E-state index contributed by atoms with van der Waals surface area (Å²) in [5.41, 5.74) is 0.0393. The molecule has 20 heavy (non-hydrogen) atoms. The molecule has 5 heteroatoms. The minimum Gasteiger partial charge on any atom is -0.497 e. The van der Waals surface area contributed by atoms with Gasteiger partial charge in [0.25, 0.3) is 0 Å². The minimum atomic E-state index is -2.16. The maximum Gasteiger partial charge on any atom is 0.221 e. The number of methoxy groups -OCH3 is 2. The second-order valence-electron chi connectivity index (χ2n) is 4.50. The summed E-state index contributed by atoms with van der Waals surface area (Å²) in [6.07, 6.45) is -1.67. The van der Waals surface area contributed by atoms with Crippen LogP contribution in [0.15, 0.2) is 18.2 Å². The fourth-order valence-corrected chi connectivity index (χ4v) is 1.72. The van der Waals surface area contributed by atoms with Gasteiger partial charge in [-0.25, -0.2) is 4.39 Å². The zero-order valence-electron chi connectivity index (χ0n) is 12.1. The predicted molar refractivity (Wildman–Crippen MR) is 73.2 cm³/mol. The first-order valence-electron chi connectivity index (χ1n) is 6.40. The van der Waals surface area contributed by atoms with Crippen molar-refractivity contribution in [2.75, 3.05) is 14.2 Å². The highest BCUT2D eigenvalue weighted by Gasteiger charge is 2.31. The molecule has 0 spiro atoms. The normalized spacial score (nSPS) is 13.4. The van der Waals surface area contributed by atoms with Crippen molar-refractivity contribution in [3.63, 3.8) is 0 Å². The smallest absolute Gasteiger partial charge is 0.221 e. The molecule has 2 atom stereocenters. The highest BCUT2D eigenvalue weighted by molar-refractivity contribution is 6.14. The van der Waals surface area contributed by atoms with E-state index in [2.05, 4.69) is 0 Å². The van der Waals surface area contributed by atoms with Gasteiger partial charge in [0.15, 0.2) is 5.78 Å². The summed E-state index contributed by atoms with van der Waals surface area (Å²) in [5.74, 6) is -1.39. The molecule has 2 unspecified atom stereocenters. The number of rotatable bonds is 7. The standard InChI is InChI=1S/C15H19FO4/c1-5-9(2)14(17)13(16)15(18)11-7-6-10(19-3)8-12(11)20-4/h6-9,13H,5H2,1-4H3. The molecule has 0 bridgehead atoms. The van der Waals surface area contributed by atoms with Crippen molar-refractivity contribution >= 4 is 11.6 Å². The topological polar surface area (TPSA) is 52.6 Å². The highest BCUT2D eigenvalue weighted by Crippen LogP contribution is 2.27. The van der Waals surface area contributed by atoms with Crippen molar-refractivity contribution in [3.8, 4) is 11.5 Å². The van der Waals surface area contributed by atoms with Crippen LogP contribution in [0.5, 0.6) is 11.5 Å². The van der Waals surface area contributed by atoms with Crippen molar-refractivity contribution in [2.24, 2.45) is 5.92 Å². The van der Waals surface area contributed by atoms with Crippen LogP contribution in [0.2, 0.25) is 0 Å². The van der Waals surface area contributed by atoms with Crippen LogP contribution in [0.3, 0.4) is 0 Å². The summed E-state index contributed by atoms with van der Waals surface area (Å²) in [6, 6.07) is 4.40. The zero-order chi connectivity index (χ0) is 15.3. The van der Waals surface area contributed by atoms with Gasteiger partial charge in [0, 0.05) is 12.0 Å². The van der Waals surface area contributed by atoms with Crippen LogP contribution < -0.4 is 9.47 Å². The number of halogens is 1. The predicted octanol–water partition coefficient (Wildman–Crippen LogP) is 2.84. The Morgan fingerprint density at radius 2 is 1.90 bits per heavy atom. The Balaban J connectivity index is 3.05. The van der Waals surface area contributed by atoms with E-state index >= 15 is 0 Å². The number of alkyl halides is 1. The van der Waals surface area contributed by atoms with E-state index in [1.54, 1.807) is 13.8 Å². The second-order valence-corrected chi connectivity index (χ2v) is 4.50. The third-order valence-corrected chi connectivity index (χ3v) is 3.25. The fraction of sp³-hybridized carbons (Fsp3) is 0.467. The maximum atomic E-state index is 14.0. The minimum absolute atomic E-state index is 0.0393. The third kappa shape index (κ3) is 3.35. The SMILES string of the molecule is CCC(C)C(=O)C(F)C(=O)c1ccc(OC)cc1OC. The van der Waals surface area contributed by atoms with Crippen LogP contribution in [0.4, 0.5) is 4.39 Å². The number of ether oxygens (including phenoxy) is 2. The molecule has 0 saturated carbocycles. The lowest BCUT2D eigenvalue weighted by Crippen LogP contribution is -2.30. The Hall–Kier alpha value is -1.91. The number of hydrogen-bond acceptors (Lipinski definition) is 4. The summed E-state index contributed by atoms with van der Waals surface area (Å²) < 4.78 is 24.1. The maximum absolute atomic E-state index is 14.0. The molecular formula is C15H19FO4. The van der Waals surface area contributed by atoms with E-state index in [-0.39, 0.29) is 11.3 Å². The molecule has 0 saturated heterocycles. The van der Waals surface area contributed by atoms with E-state index in [0.29, 0.717) is 12.2 Å². The Kier molecular flexibility index (Phi) is 5.67. The number of benzene rings is 1. The average Bonchev–Trinajstić information content (AvgIpc) is 2.50. The first-order valence-corrected chi connectivity index (χ1v) is 6.40. The fourth-order valence-electron chi connectivity index (χ4n) is 1.72. The Morgan fingerprint density at radius 1 is 1.25 bits per heavy atom. The highest BCUT2D eigenvalue weighted by atomic mass is 19.1. The van der Waals surface area contributed by atoms with Crippen molar-refractivity contribution in [3.05, 3.63) is 23.8 Å². The van der Waals surface area contributed by atoms with Crippen molar-refractivity contribution in [2.45, 2.75) is 26.4 Å². The van der Waals surface area contributed by atoms with Gasteiger partial charge in [-0.15, -0.1) is 0 Å². The Bertz CT molecular complexity index is 499. The van der Waals surface area contributed by atoms with Crippen LogP contribution in [0.25, 0.3) is 0 Å². The average molecular weight is 282 g/mol. The van der Waals surface area contributed by atoms with Crippen LogP contribution in [0, 0.1) is 5.92 Å². The molecule has 0 N–H and O–H groups in total. The van der Waals surface area contributed by atoms with E-state index in [1.807, 2.05) is 0 Å². The van der Waals surface area contributed by atoms with Gasteiger partial charge >= 0.3 is 0 Å². The lowest BCUT2D eigenvalue weighted by Gasteiger charge is -2.13. The molecule has 4 nitrogen and oxygen atoms in total. The number of carbonyl (C=O) groups is 2. The molecule has 0 aliphatic heterocycles. The van der Waals surface area contributed by atoms with Gasteiger partial charge in [0.2, 0.25) is 12.0 Å². The van der Waals surface area contributed by atoms with E-state index < -0.39 is 23.7 Å². The van der Waals surface area contributed by atoms with Gasteiger partial charge in [0.05, 0.1) is 19.8 Å². The molecule has 0 aromatic heterocycles. The molecule has 0 heterocycles. The van der Waals surface area contributed by atoms with E-state index in [4.69, 9.17) is 9.47 Å². The van der Waals surface area contributed by atoms with Crippen molar-refractivity contribution in [1.82, 2.24) is 0 Å². The van der Waals surface area contributed by atoms with Gasteiger partial charge in [0.1, 0.15) is 11.5 Å². The summed E-state index contributed by atoms with van der Waals surface area (Å²) in [7, 11) is 2.84. The van der Waals surface area contributed by atoms with Crippen LogP contribution in [0.1, 0.15) is 30.6 Å². The molecule has 110 valence electrons. The molecule has 0 fully saturated rings. The quantitative estimate of drug-likeness (QED) is 0.570. The van der Waals surface area contributed by atoms with Crippen LogP contribution >= 0.6 is 0 Å². The first-order chi connectivity index (χ1) is 9.46. The molecular weight excluding hydrogens is 263 g/mol. The van der Waals surface area contributed by atoms with Gasteiger partial charge < -0.3 is 9.47 Å². The van der Waals surface area contributed by atoms with Crippen molar-refractivity contribution in [1.29, 1.82) is 0 Å². The number of hydrogen-bond donors (Lipinski definition) is 0. The molecule has 0 amide bonds. The first kappa shape index (κ1) is 16.1. The Labute approximate surface area is 117 Å². The Morgan fingerprint density at radius 3 is 2.40 bits per heavy atom. The molecule has 1 aromatic carbocycles. The molecule has 1 rings (SSSR count). The largest absolute Gasteiger partial charge is 0.497 e. The second kappa shape index (κ2) is 7.03. The molecule has 0 aliphatic rings. The molecule has 1 aromatic rings. The zero-order valence-corrected chi connectivity index (χ0v) is 12.1. The van der Waals surface area contributed by atoms with Crippen molar-refractivity contribution < 1.29 is 23.5 Å². The van der Waals surface area contributed by atoms with Crippen LogP contribution in [-0.2, 0) is 4.79 Å². The van der Waals surface area contributed by atoms with Gasteiger partial charge in [-0.05, 0) is 18.6 Å².